The number of rotatable bonds is 6. The number of nitro groups is 1. The van der Waals surface area contributed by atoms with E-state index in [1.165, 1.54) is 0 Å². The molecule has 0 spiro atoms. The highest BCUT2D eigenvalue weighted by Gasteiger charge is 2.36. The maximum Gasteiger partial charge on any atom is 0.416 e. The van der Waals surface area contributed by atoms with Gasteiger partial charge in [-0.2, -0.15) is 17.6 Å². The molecule has 0 N–H and O–H groups in total. The summed E-state index contributed by atoms with van der Waals surface area (Å²) in [4.78, 5) is 12.9. The highest BCUT2D eigenvalue weighted by Crippen LogP contribution is 2.36. The molecule has 0 radical (unpaired) electrons. The van der Waals surface area contributed by atoms with Gasteiger partial charge in [0.15, 0.2) is 0 Å². The van der Waals surface area contributed by atoms with Crippen LogP contribution in [0.5, 0.6) is 0 Å². The molecule has 1 rings (SSSR count). The molecular weight excluding hydrogens is 306 g/mol. The largest absolute Gasteiger partial charge is 0.416 e. The van der Waals surface area contributed by atoms with Gasteiger partial charge >= 0.3 is 11.9 Å². The van der Waals surface area contributed by atoms with Crippen molar-refractivity contribution < 1.29 is 22.5 Å². The first kappa shape index (κ1) is 18.3. The summed E-state index contributed by atoms with van der Waals surface area (Å²) in [6, 6.07) is 0.845. The summed E-state index contributed by atoms with van der Waals surface area (Å²) in [6.45, 7) is 0.938. The van der Waals surface area contributed by atoms with Crippen LogP contribution in [-0.4, -0.2) is 49.0 Å². The van der Waals surface area contributed by atoms with Crippen molar-refractivity contribution in [3.05, 3.63) is 39.2 Å². The Balaban J connectivity index is 3.12. The van der Waals surface area contributed by atoms with Gasteiger partial charge < -0.3 is 9.80 Å². The molecule has 0 aliphatic carbocycles. The zero-order valence-corrected chi connectivity index (χ0v) is 12.4. The molecule has 9 heteroatoms. The Hall–Kier alpha value is -1.74. The van der Waals surface area contributed by atoms with Crippen molar-refractivity contribution in [3.8, 4) is 0 Å². The number of benzene rings is 1. The molecule has 0 unspecified atom stereocenters. The topological polar surface area (TPSA) is 49.6 Å². The summed E-state index contributed by atoms with van der Waals surface area (Å²) < 4.78 is 52.6. The van der Waals surface area contributed by atoms with Gasteiger partial charge in [-0.1, -0.05) is 0 Å². The highest BCUT2D eigenvalue weighted by atomic mass is 19.4. The fraction of sp³-hybridized carbons (Fsp3) is 0.538. The lowest BCUT2D eigenvalue weighted by atomic mass is 10.0. The molecule has 0 amide bonds. The van der Waals surface area contributed by atoms with Gasteiger partial charge in [0.25, 0.3) is 0 Å². The van der Waals surface area contributed by atoms with Crippen LogP contribution in [0.3, 0.4) is 0 Å². The van der Waals surface area contributed by atoms with Crippen LogP contribution in [0.4, 0.5) is 23.2 Å². The predicted molar refractivity (Wildman–Crippen MR) is 72.9 cm³/mol. The average molecular weight is 323 g/mol. The van der Waals surface area contributed by atoms with E-state index >= 15 is 0 Å². The van der Waals surface area contributed by atoms with E-state index < -0.39 is 28.2 Å². The van der Waals surface area contributed by atoms with Crippen LogP contribution in [0.25, 0.3) is 0 Å². The number of hydrogen-bond donors (Lipinski definition) is 0. The normalized spacial score (nSPS) is 12.2. The van der Waals surface area contributed by atoms with Crippen molar-refractivity contribution in [1.82, 2.24) is 9.80 Å². The van der Waals surface area contributed by atoms with Crippen LogP contribution < -0.4 is 0 Å². The van der Waals surface area contributed by atoms with Gasteiger partial charge in [0.2, 0.25) is 5.82 Å². The number of nitrogens with zero attached hydrogens (tertiary/aromatic N) is 3. The Morgan fingerprint density at radius 1 is 1.18 bits per heavy atom. The molecule has 0 heterocycles. The third-order valence-electron chi connectivity index (χ3n) is 3.04. The van der Waals surface area contributed by atoms with E-state index in [-0.39, 0.29) is 18.2 Å². The standard InChI is InChI=1S/C13H17F4N3O2/c1-18(2)4-5-19(3)8-9-6-11(14)12(20(21)22)7-10(9)13(15,16)17/h6-7H,4-5,8H2,1-3H3. The second-order valence-corrected chi connectivity index (χ2v) is 5.26. The smallest absolute Gasteiger partial charge is 0.308 e. The van der Waals surface area contributed by atoms with Crippen molar-refractivity contribution in [2.75, 3.05) is 34.2 Å². The Morgan fingerprint density at radius 3 is 2.23 bits per heavy atom. The third kappa shape index (κ3) is 4.92. The van der Waals surface area contributed by atoms with E-state index in [1.54, 1.807) is 11.9 Å². The molecule has 0 aliphatic rings. The summed E-state index contributed by atoms with van der Waals surface area (Å²) in [7, 11) is 5.24. The van der Waals surface area contributed by atoms with Crippen LogP contribution in [0.15, 0.2) is 12.1 Å². The molecule has 0 aliphatic heterocycles. The van der Waals surface area contributed by atoms with E-state index in [0.29, 0.717) is 19.2 Å². The summed E-state index contributed by atoms with van der Waals surface area (Å²) in [6.07, 6.45) is -4.78. The SMILES string of the molecule is CN(C)CCN(C)Cc1cc(F)c([N+](=O)[O-])cc1C(F)(F)F. The second kappa shape index (κ2) is 7.01. The van der Waals surface area contributed by atoms with Gasteiger partial charge in [0.05, 0.1) is 10.5 Å². The van der Waals surface area contributed by atoms with Crippen molar-refractivity contribution in [1.29, 1.82) is 0 Å². The van der Waals surface area contributed by atoms with Crippen LogP contribution in [0, 0.1) is 15.9 Å². The van der Waals surface area contributed by atoms with Crippen molar-refractivity contribution in [3.63, 3.8) is 0 Å². The monoisotopic (exact) mass is 323 g/mol. The zero-order valence-electron chi connectivity index (χ0n) is 12.4. The minimum atomic E-state index is -4.78. The van der Waals surface area contributed by atoms with Gasteiger partial charge in [-0.05, 0) is 32.8 Å². The molecule has 22 heavy (non-hydrogen) atoms. The average Bonchev–Trinajstić information content (AvgIpc) is 2.34. The van der Waals surface area contributed by atoms with Gasteiger partial charge in [0.1, 0.15) is 0 Å². The number of alkyl halides is 3. The van der Waals surface area contributed by atoms with Gasteiger partial charge in [-0.25, -0.2) is 0 Å². The molecule has 0 aromatic heterocycles. The minimum absolute atomic E-state index is 0.155. The summed E-state index contributed by atoms with van der Waals surface area (Å²) in [5.74, 6) is -1.27. The molecule has 0 bridgehead atoms. The fourth-order valence-corrected chi connectivity index (χ4v) is 1.88. The maximum absolute atomic E-state index is 13.6. The van der Waals surface area contributed by atoms with Crippen LogP contribution in [-0.2, 0) is 12.7 Å². The van der Waals surface area contributed by atoms with E-state index in [2.05, 4.69) is 0 Å². The molecule has 1 aromatic carbocycles. The highest BCUT2D eigenvalue weighted by molar-refractivity contribution is 5.43. The summed E-state index contributed by atoms with van der Waals surface area (Å²) >= 11 is 0. The van der Waals surface area contributed by atoms with Crippen LogP contribution in [0.2, 0.25) is 0 Å². The van der Waals surface area contributed by atoms with Gasteiger partial charge in [-0.15, -0.1) is 0 Å². The lowest BCUT2D eigenvalue weighted by Gasteiger charge is -2.21. The zero-order chi connectivity index (χ0) is 17.1. The molecular formula is C13H17F4N3O2. The molecule has 1 aromatic rings. The second-order valence-electron chi connectivity index (χ2n) is 5.26. The molecule has 0 fully saturated rings. The third-order valence-corrected chi connectivity index (χ3v) is 3.04. The number of nitro benzene ring substituents is 1. The molecule has 0 saturated carbocycles. The Bertz CT molecular complexity index is 547. The van der Waals surface area contributed by atoms with E-state index in [0.717, 1.165) is 0 Å². The maximum atomic E-state index is 13.6. The Morgan fingerprint density at radius 2 is 1.77 bits per heavy atom. The summed E-state index contributed by atoms with van der Waals surface area (Å²) in [5, 5.41) is 10.6. The number of likely N-dealkylation sites (N-methyl/N-ethyl adjacent to an activating group) is 2. The summed E-state index contributed by atoms with van der Waals surface area (Å²) in [5.41, 5.74) is -2.68. The molecule has 0 atom stereocenters. The Labute approximate surface area is 125 Å². The van der Waals surface area contributed by atoms with E-state index in [9.17, 15) is 27.7 Å². The van der Waals surface area contributed by atoms with Crippen molar-refractivity contribution in [2.24, 2.45) is 0 Å². The van der Waals surface area contributed by atoms with Crippen molar-refractivity contribution in [2.45, 2.75) is 12.7 Å². The molecule has 124 valence electrons. The van der Waals surface area contributed by atoms with Gasteiger partial charge in [0, 0.05) is 25.7 Å². The first-order chi connectivity index (χ1) is 10.0. The van der Waals surface area contributed by atoms with Crippen LogP contribution in [0.1, 0.15) is 11.1 Å². The van der Waals surface area contributed by atoms with Gasteiger partial charge in [-0.3, -0.25) is 10.1 Å². The quantitative estimate of drug-likeness (QED) is 0.459. The van der Waals surface area contributed by atoms with Crippen LogP contribution >= 0.6 is 0 Å². The minimum Gasteiger partial charge on any atom is -0.308 e. The fourth-order valence-electron chi connectivity index (χ4n) is 1.88. The molecule has 5 nitrogen and oxygen atoms in total. The first-order valence-corrected chi connectivity index (χ1v) is 6.39. The lowest BCUT2D eigenvalue weighted by molar-refractivity contribution is -0.387. The lowest BCUT2D eigenvalue weighted by Crippen LogP contribution is -2.29. The predicted octanol–water partition coefficient (Wildman–Crippen LogP) is 2.75. The molecule has 0 saturated heterocycles. The number of hydrogen-bond acceptors (Lipinski definition) is 4. The van der Waals surface area contributed by atoms with E-state index in [1.807, 2.05) is 19.0 Å². The van der Waals surface area contributed by atoms with Crippen molar-refractivity contribution >= 4 is 5.69 Å². The number of halogens is 4. The Kier molecular flexibility index (Phi) is 5.84. The van der Waals surface area contributed by atoms with E-state index in [4.69, 9.17) is 0 Å². The first-order valence-electron chi connectivity index (χ1n) is 6.39.